The molecule has 0 saturated carbocycles. The van der Waals surface area contributed by atoms with E-state index in [9.17, 15) is 14.4 Å². The minimum Gasteiger partial charge on any atom is -0.490 e. The van der Waals surface area contributed by atoms with E-state index in [1.165, 1.54) is 7.05 Å². The zero-order valence-corrected chi connectivity index (χ0v) is 16.8. The number of carbonyl (C=O) groups excluding carboxylic acids is 3. The average Bonchev–Trinajstić information content (AvgIpc) is 2.91. The molecule has 0 atom stereocenters. The van der Waals surface area contributed by atoms with Crippen molar-refractivity contribution >= 4 is 34.8 Å². The van der Waals surface area contributed by atoms with Crippen molar-refractivity contribution < 1.29 is 19.1 Å². The molecule has 2 aromatic rings. The highest BCUT2D eigenvalue weighted by Gasteiger charge is 2.51. The van der Waals surface area contributed by atoms with Crippen molar-refractivity contribution in [2.75, 3.05) is 25.0 Å². The molecule has 2 aliphatic heterocycles. The van der Waals surface area contributed by atoms with Crippen LogP contribution in [0.25, 0.3) is 10.8 Å². The maximum Gasteiger partial charge on any atom is 0.324 e. The van der Waals surface area contributed by atoms with Crippen molar-refractivity contribution in [3.05, 3.63) is 30.0 Å². The number of likely N-dealkylation sites (N-methyl/N-ethyl adjacent to an activating group) is 1. The molecule has 4 rings (SSSR count). The molecular weight excluding hydrogens is 372 g/mol. The molecule has 1 spiro atoms. The van der Waals surface area contributed by atoms with E-state index in [4.69, 9.17) is 4.74 Å². The van der Waals surface area contributed by atoms with Gasteiger partial charge in [0.05, 0.1) is 11.7 Å². The van der Waals surface area contributed by atoms with E-state index in [0.29, 0.717) is 37.2 Å². The number of carbonyl (C=O) groups is 3. The van der Waals surface area contributed by atoms with Crippen molar-refractivity contribution in [3.8, 4) is 5.75 Å². The standard InChI is InChI=1S/C21H24N4O4/c1-13(2)29-17-11-16-14(10-15(17)12-26)4-7-22-18(16)25-8-5-21(6-9-25)19(27)24(3)20(28)23-21/h4,7,10-13H,5-6,8-9H2,1-3H3,(H,23,28). The molecule has 8 heteroatoms. The third-order valence-electron chi connectivity index (χ3n) is 5.64. The van der Waals surface area contributed by atoms with E-state index < -0.39 is 5.54 Å². The number of rotatable bonds is 4. The second-order valence-electron chi connectivity index (χ2n) is 7.89. The van der Waals surface area contributed by atoms with E-state index in [-0.39, 0.29) is 18.0 Å². The number of piperidine rings is 1. The van der Waals surface area contributed by atoms with Crippen molar-refractivity contribution in [1.82, 2.24) is 15.2 Å². The van der Waals surface area contributed by atoms with Crippen LogP contribution in [0.3, 0.4) is 0 Å². The van der Waals surface area contributed by atoms with E-state index in [1.54, 1.807) is 6.20 Å². The smallest absolute Gasteiger partial charge is 0.324 e. The average molecular weight is 396 g/mol. The number of hydrogen-bond acceptors (Lipinski definition) is 6. The van der Waals surface area contributed by atoms with Crippen molar-refractivity contribution in [3.63, 3.8) is 0 Å². The fourth-order valence-electron chi connectivity index (χ4n) is 4.10. The van der Waals surface area contributed by atoms with Gasteiger partial charge in [0.25, 0.3) is 5.91 Å². The maximum absolute atomic E-state index is 12.5. The van der Waals surface area contributed by atoms with Gasteiger partial charge >= 0.3 is 6.03 Å². The van der Waals surface area contributed by atoms with E-state index in [1.807, 2.05) is 32.0 Å². The van der Waals surface area contributed by atoms with Crippen LogP contribution in [0.15, 0.2) is 24.4 Å². The van der Waals surface area contributed by atoms with Crippen LogP contribution in [-0.2, 0) is 4.79 Å². The van der Waals surface area contributed by atoms with Gasteiger partial charge in [0.1, 0.15) is 17.1 Å². The number of anilines is 1. The lowest BCUT2D eigenvalue weighted by molar-refractivity contribution is -0.131. The third-order valence-corrected chi connectivity index (χ3v) is 5.64. The quantitative estimate of drug-likeness (QED) is 0.630. The first-order chi connectivity index (χ1) is 13.8. The monoisotopic (exact) mass is 396 g/mol. The molecule has 0 radical (unpaired) electrons. The van der Waals surface area contributed by atoms with Crippen LogP contribution in [0, 0.1) is 0 Å². The van der Waals surface area contributed by atoms with Gasteiger partial charge in [-0.25, -0.2) is 9.78 Å². The van der Waals surface area contributed by atoms with Crippen molar-refractivity contribution in [2.45, 2.75) is 38.3 Å². The maximum atomic E-state index is 12.5. The number of aromatic nitrogens is 1. The Morgan fingerprint density at radius 2 is 1.97 bits per heavy atom. The number of fused-ring (bicyclic) bond motifs is 1. The van der Waals surface area contributed by atoms with E-state index in [0.717, 1.165) is 27.8 Å². The molecule has 2 fully saturated rings. The molecule has 0 unspecified atom stereocenters. The molecule has 3 heterocycles. The molecule has 2 aliphatic rings. The Balaban J connectivity index is 1.66. The summed E-state index contributed by atoms with van der Waals surface area (Å²) in [6, 6.07) is 5.20. The molecule has 0 bridgehead atoms. The van der Waals surface area contributed by atoms with Crippen molar-refractivity contribution in [2.24, 2.45) is 0 Å². The van der Waals surface area contributed by atoms with Crippen LogP contribution in [-0.4, -0.2) is 59.9 Å². The van der Waals surface area contributed by atoms with Gasteiger partial charge in [-0.15, -0.1) is 0 Å². The predicted octanol–water partition coefficient (Wildman–Crippen LogP) is 2.36. The Labute approximate surface area is 168 Å². The lowest BCUT2D eigenvalue weighted by atomic mass is 9.87. The highest BCUT2D eigenvalue weighted by molar-refractivity contribution is 6.07. The number of imide groups is 1. The predicted molar refractivity (Wildman–Crippen MR) is 108 cm³/mol. The number of pyridine rings is 1. The third kappa shape index (κ3) is 3.18. The summed E-state index contributed by atoms with van der Waals surface area (Å²) in [7, 11) is 1.51. The molecule has 0 aliphatic carbocycles. The summed E-state index contributed by atoms with van der Waals surface area (Å²) in [5.41, 5.74) is -0.313. The summed E-state index contributed by atoms with van der Waals surface area (Å²) in [5.74, 6) is 1.15. The van der Waals surface area contributed by atoms with Crippen LogP contribution in [0.2, 0.25) is 0 Å². The first-order valence-corrected chi connectivity index (χ1v) is 9.74. The summed E-state index contributed by atoms with van der Waals surface area (Å²) in [6.07, 6.45) is 3.49. The van der Waals surface area contributed by atoms with Crippen molar-refractivity contribution in [1.29, 1.82) is 0 Å². The largest absolute Gasteiger partial charge is 0.490 e. The van der Waals surface area contributed by atoms with E-state index in [2.05, 4.69) is 15.2 Å². The highest BCUT2D eigenvalue weighted by Crippen LogP contribution is 2.35. The number of amides is 3. The summed E-state index contributed by atoms with van der Waals surface area (Å²) in [4.78, 5) is 43.8. The van der Waals surface area contributed by atoms with Gasteiger partial charge < -0.3 is 15.0 Å². The number of nitrogens with zero attached hydrogens (tertiary/aromatic N) is 3. The van der Waals surface area contributed by atoms with Crippen LogP contribution < -0.4 is 15.0 Å². The Kier molecular flexibility index (Phi) is 4.64. The number of hydrogen-bond donors (Lipinski definition) is 1. The van der Waals surface area contributed by atoms with E-state index >= 15 is 0 Å². The number of aldehydes is 1. The minimum atomic E-state index is -0.816. The second kappa shape index (κ2) is 7.02. The second-order valence-corrected chi connectivity index (χ2v) is 7.89. The molecule has 3 amide bonds. The van der Waals surface area contributed by atoms with Gasteiger partial charge in [-0.1, -0.05) is 0 Å². The Morgan fingerprint density at radius 1 is 1.24 bits per heavy atom. The zero-order chi connectivity index (χ0) is 20.8. The first kappa shape index (κ1) is 19.2. The first-order valence-electron chi connectivity index (χ1n) is 9.74. The lowest BCUT2D eigenvalue weighted by Crippen LogP contribution is -2.55. The molecule has 2 saturated heterocycles. The normalized spacial score (nSPS) is 18.6. The minimum absolute atomic E-state index is 0.0601. The SMILES string of the molecule is CC(C)Oc1cc2c(N3CCC4(CC3)NC(=O)N(C)C4=O)nccc2cc1C=O. The van der Waals surface area contributed by atoms with Crippen LogP contribution in [0.5, 0.6) is 5.75 Å². The summed E-state index contributed by atoms with van der Waals surface area (Å²) in [5, 5.41) is 4.65. The topological polar surface area (TPSA) is 91.8 Å². The molecular formula is C21H24N4O4. The lowest BCUT2D eigenvalue weighted by Gasteiger charge is -2.38. The van der Waals surface area contributed by atoms with Gasteiger partial charge in [-0.3, -0.25) is 14.5 Å². The molecule has 1 aromatic carbocycles. The fraction of sp³-hybridized carbons (Fsp3) is 0.429. The molecule has 152 valence electrons. The fourth-order valence-corrected chi connectivity index (χ4v) is 4.10. The number of urea groups is 1. The number of benzene rings is 1. The molecule has 8 nitrogen and oxygen atoms in total. The summed E-state index contributed by atoms with van der Waals surface area (Å²) >= 11 is 0. The molecule has 1 N–H and O–H groups in total. The van der Waals surface area contributed by atoms with Gasteiger partial charge in [-0.05, 0) is 50.3 Å². The Bertz CT molecular complexity index is 996. The number of ether oxygens (including phenoxy) is 1. The van der Waals surface area contributed by atoms with Crippen LogP contribution in [0.1, 0.15) is 37.0 Å². The Morgan fingerprint density at radius 3 is 2.55 bits per heavy atom. The van der Waals surface area contributed by atoms with Gasteiger partial charge in [-0.2, -0.15) is 0 Å². The molecule has 1 aromatic heterocycles. The van der Waals surface area contributed by atoms with Gasteiger partial charge in [0.2, 0.25) is 0 Å². The summed E-state index contributed by atoms with van der Waals surface area (Å²) < 4.78 is 5.83. The van der Waals surface area contributed by atoms with Gasteiger partial charge in [0.15, 0.2) is 6.29 Å². The number of nitrogens with one attached hydrogen (secondary N) is 1. The zero-order valence-electron chi connectivity index (χ0n) is 16.8. The van der Waals surface area contributed by atoms with Crippen LogP contribution >= 0.6 is 0 Å². The van der Waals surface area contributed by atoms with Crippen LogP contribution in [0.4, 0.5) is 10.6 Å². The molecule has 29 heavy (non-hydrogen) atoms. The Hall–Kier alpha value is -3.16. The highest BCUT2D eigenvalue weighted by atomic mass is 16.5. The summed E-state index contributed by atoms with van der Waals surface area (Å²) in [6.45, 7) is 5.00. The van der Waals surface area contributed by atoms with Gasteiger partial charge in [0, 0.05) is 31.7 Å².